The fraction of sp³-hybridized carbons (Fsp3) is 0.462. The van der Waals surface area contributed by atoms with Crippen LogP contribution in [-0.4, -0.2) is 25.0 Å². The first-order valence-corrected chi connectivity index (χ1v) is 6.93. The van der Waals surface area contributed by atoms with Gasteiger partial charge in [0.05, 0.1) is 5.56 Å². The second-order valence-electron chi connectivity index (χ2n) is 4.48. The van der Waals surface area contributed by atoms with E-state index in [0.29, 0.717) is 22.6 Å². The molecule has 1 unspecified atom stereocenters. The molecular weight excluding hydrogens is 299 g/mol. The van der Waals surface area contributed by atoms with Gasteiger partial charge in [0, 0.05) is 17.1 Å². The van der Waals surface area contributed by atoms with Crippen LogP contribution in [0.4, 0.5) is 4.39 Å². The SMILES string of the molecule is O=C(NCC1CCCCN1)c1cc(F)ccc1Br. The zero-order valence-corrected chi connectivity index (χ0v) is 11.6. The molecule has 0 aromatic heterocycles. The Morgan fingerprint density at radius 3 is 3.06 bits per heavy atom. The molecule has 1 aliphatic rings. The van der Waals surface area contributed by atoms with Gasteiger partial charge in [-0.3, -0.25) is 4.79 Å². The van der Waals surface area contributed by atoms with Crippen LogP contribution in [0.25, 0.3) is 0 Å². The van der Waals surface area contributed by atoms with Gasteiger partial charge in [-0.2, -0.15) is 0 Å². The first-order chi connectivity index (χ1) is 8.66. The van der Waals surface area contributed by atoms with E-state index in [1.807, 2.05) is 0 Å². The molecule has 1 atom stereocenters. The molecule has 0 saturated carbocycles. The summed E-state index contributed by atoms with van der Waals surface area (Å²) in [5, 5.41) is 6.19. The van der Waals surface area contributed by atoms with Crippen molar-refractivity contribution in [1.29, 1.82) is 0 Å². The number of carbonyl (C=O) groups is 1. The fourth-order valence-electron chi connectivity index (χ4n) is 2.08. The minimum Gasteiger partial charge on any atom is -0.350 e. The number of benzene rings is 1. The molecule has 3 nitrogen and oxygen atoms in total. The molecule has 2 rings (SSSR count). The molecule has 0 aliphatic carbocycles. The van der Waals surface area contributed by atoms with E-state index < -0.39 is 5.82 Å². The summed E-state index contributed by atoms with van der Waals surface area (Å²) >= 11 is 3.25. The van der Waals surface area contributed by atoms with E-state index in [-0.39, 0.29) is 5.91 Å². The van der Waals surface area contributed by atoms with Gasteiger partial charge in [-0.1, -0.05) is 6.42 Å². The monoisotopic (exact) mass is 314 g/mol. The first kappa shape index (κ1) is 13.5. The van der Waals surface area contributed by atoms with Crippen LogP contribution >= 0.6 is 15.9 Å². The third-order valence-corrected chi connectivity index (χ3v) is 3.79. The van der Waals surface area contributed by atoms with E-state index in [0.717, 1.165) is 13.0 Å². The van der Waals surface area contributed by atoms with E-state index in [1.165, 1.54) is 25.0 Å². The molecule has 1 aromatic rings. The predicted molar refractivity (Wildman–Crippen MR) is 72.1 cm³/mol. The van der Waals surface area contributed by atoms with Gasteiger partial charge in [0.2, 0.25) is 0 Å². The molecule has 1 amide bonds. The highest BCUT2D eigenvalue weighted by molar-refractivity contribution is 9.10. The van der Waals surface area contributed by atoms with Gasteiger partial charge in [0.25, 0.3) is 5.91 Å². The van der Waals surface area contributed by atoms with Gasteiger partial charge >= 0.3 is 0 Å². The van der Waals surface area contributed by atoms with Gasteiger partial charge < -0.3 is 10.6 Å². The molecule has 98 valence electrons. The topological polar surface area (TPSA) is 41.1 Å². The second-order valence-corrected chi connectivity index (χ2v) is 5.34. The number of carbonyl (C=O) groups excluding carboxylic acids is 1. The summed E-state index contributed by atoms with van der Waals surface area (Å²) in [5.74, 6) is -0.645. The maximum atomic E-state index is 13.1. The van der Waals surface area contributed by atoms with E-state index in [2.05, 4.69) is 26.6 Å². The number of piperidine rings is 1. The summed E-state index contributed by atoms with van der Waals surface area (Å²) in [6.45, 7) is 1.59. The molecule has 1 fully saturated rings. The van der Waals surface area contributed by atoms with Crippen LogP contribution in [0.2, 0.25) is 0 Å². The molecule has 0 spiro atoms. The van der Waals surface area contributed by atoms with Crippen LogP contribution in [0.15, 0.2) is 22.7 Å². The van der Waals surface area contributed by atoms with Crippen LogP contribution in [0.1, 0.15) is 29.6 Å². The normalized spacial score (nSPS) is 19.6. The summed E-state index contributed by atoms with van der Waals surface area (Å²) in [4.78, 5) is 11.9. The van der Waals surface area contributed by atoms with Crippen molar-refractivity contribution in [1.82, 2.24) is 10.6 Å². The Morgan fingerprint density at radius 2 is 2.33 bits per heavy atom. The highest BCUT2D eigenvalue weighted by atomic mass is 79.9. The van der Waals surface area contributed by atoms with Gasteiger partial charge in [-0.25, -0.2) is 4.39 Å². The third kappa shape index (κ3) is 3.53. The maximum Gasteiger partial charge on any atom is 0.252 e. The molecule has 1 aromatic carbocycles. The van der Waals surface area contributed by atoms with E-state index in [9.17, 15) is 9.18 Å². The lowest BCUT2D eigenvalue weighted by molar-refractivity contribution is 0.0946. The van der Waals surface area contributed by atoms with Crippen LogP contribution in [0, 0.1) is 5.82 Å². The molecule has 1 heterocycles. The molecular formula is C13H16BrFN2O. The first-order valence-electron chi connectivity index (χ1n) is 6.13. The number of rotatable bonds is 3. The van der Waals surface area contributed by atoms with E-state index in [1.54, 1.807) is 6.07 Å². The minimum absolute atomic E-state index is 0.242. The minimum atomic E-state index is -0.404. The van der Waals surface area contributed by atoms with Crippen molar-refractivity contribution >= 4 is 21.8 Å². The second kappa shape index (κ2) is 6.29. The molecule has 2 N–H and O–H groups in total. The number of nitrogens with one attached hydrogen (secondary N) is 2. The number of amides is 1. The van der Waals surface area contributed by atoms with Gasteiger partial charge in [0.1, 0.15) is 5.82 Å². The molecule has 1 aliphatic heterocycles. The maximum absolute atomic E-state index is 13.1. The van der Waals surface area contributed by atoms with Crippen molar-refractivity contribution in [2.75, 3.05) is 13.1 Å². The van der Waals surface area contributed by atoms with Crippen molar-refractivity contribution in [3.63, 3.8) is 0 Å². The summed E-state index contributed by atoms with van der Waals surface area (Å²) < 4.78 is 13.7. The lowest BCUT2D eigenvalue weighted by Gasteiger charge is -2.23. The van der Waals surface area contributed by atoms with Crippen LogP contribution < -0.4 is 10.6 Å². The van der Waals surface area contributed by atoms with E-state index in [4.69, 9.17) is 0 Å². The van der Waals surface area contributed by atoms with Gasteiger partial charge in [-0.05, 0) is 53.5 Å². The Kier molecular flexibility index (Phi) is 4.72. The van der Waals surface area contributed by atoms with Crippen molar-refractivity contribution in [3.05, 3.63) is 34.1 Å². The van der Waals surface area contributed by atoms with Crippen molar-refractivity contribution < 1.29 is 9.18 Å². The van der Waals surface area contributed by atoms with Crippen molar-refractivity contribution in [3.8, 4) is 0 Å². The van der Waals surface area contributed by atoms with Crippen LogP contribution in [0.5, 0.6) is 0 Å². The lowest BCUT2D eigenvalue weighted by atomic mass is 10.1. The number of hydrogen-bond acceptors (Lipinski definition) is 2. The zero-order chi connectivity index (χ0) is 13.0. The Morgan fingerprint density at radius 1 is 1.50 bits per heavy atom. The van der Waals surface area contributed by atoms with Gasteiger partial charge in [-0.15, -0.1) is 0 Å². The average Bonchev–Trinajstić information content (AvgIpc) is 2.40. The zero-order valence-electron chi connectivity index (χ0n) is 10.0. The highest BCUT2D eigenvalue weighted by Gasteiger charge is 2.15. The number of halogens is 2. The van der Waals surface area contributed by atoms with Crippen LogP contribution in [-0.2, 0) is 0 Å². The lowest BCUT2D eigenvalue weighted by Crippen LogP contribution is -2.43. The summed E-state index contributed by atoms with van der Waals surface area (Å²) in [6, 6.07) is 4.44. The van der Waals surface area contributed by atoms with Crippen molar-refractivity contribution in [2.45, 2.75) is 25.3 Å². The van der Waals surface area contributed by atoms with Crippen LogP contribution in [0.3, 0.4) is 0 Å². The van der Waals surface area contributed by atoms with Gasteiger partial charge in [0.15, 0.2) is 0 Å². The molecule has 0 radical (unpaired) electrons. The Hall–Kier alpha value is -0.940. The Labute approximate surface area is 114 Å². The quantitative estimate of drug-likeness (QED) is 0.900. The Bertz CT molecular complexity index is 433. The molecule has 18 heavy (non-hydrogen) atoms. The standard InChI is InChI=1S/C13H16BrFN2O/c14-12-5-4-9(15)7-11(12)13(18)17-8-10-3-1-2-6-16-10/h4-5,7,10,16H,1-3,6,8H2,(H,17,18). The van der Waals surface area contributed by atoms with Crippen molar-refractivity contribution in [2.24, 2.45) is 0 Å². The molecule has 1 saturated heterocycles. The number of hydrogen-bond donors (Lipinski definition) is 2. The average molecular weight is 315 g/mol. The largest absolute Gasteiger partial charge is 0.350 e. The highest BCUT2D eigenvalue weighted by Crippen LogP contribution is 2.17. The summed E-state index contributed by atoms with van der Waals surface area (Å²) in [5.41, 5.74) is 0.339. The molecule has 5 heteroatoms. The third-order valence-electron chi connectivity index (χ3n) is 3.09. The Balaban J connectivity index is 1.92. The molecule has 0 bridgehead atoms. The smallest absolute Gasteiger partial charge is 0.252 e. The van der Waals surface area contributed by atoms with E-state index >= 15 is 0 Å². The summed E-state index contributed by atoms with van der Waals surface area (Å²) in [6.07, 6.45) is 3.46. The predicted octanol–water partition coefficient (Wildman–Crippen LogP) is 2.46. The summed E-state index contributed by atoms with van der Waals surface area (Å²) in [7, 11) is 0. The fourth-order valence-corrected chi connectivity index (χ4v) is 2.51.